The molecule has 0 radical (unpaired) electrons. The van der Waals surface area contributed by atoms with Crippen LogP contribution >= 0.6 is 0 Å². The number of amides is 1. The molecule has 0 aromatic carbocycles. The maximum atomic E-state index is 10.8. The van der Waals surface area contributed by atoms with E-state index in [-0.39, 0.29) is 0 Å². The van der Waals surface area contributed by atoms with Gasteiger partial charge in [0, 0.05) is 13.3 Å². The molecule has 0 rings (SSSR count). The normalized spacial score (nSPS) is 14.1. The van der Waals surface area contributed by atoms with Crippen molar-refractivity contribution in [3.63, 3.8) is 0 Å². The monoisotopic (exact) mass is 208 g/mol. The Kier molecular flexibility index (Phi) is 4.39. The van der Waals surface area contributed by atoms with E-state index in [0.717, 1.165) is 12.5 Å². The van der Waals surface area contributed by atoms with Crippen LogP contribution in [0.15, 0.2) is 5.16 Å². The van der Waals surface area contributed by atoms with Crippen molar-refractivity contribution in [2.24, 2.45) is 5.16 Å². The molecule has 1 amide bonds. The van der Waals surface area contributed by atoms with Crippen molar-refractivity contribution in [1.29, 1.82) is 0 Å². The fraction of sp³-hybridized carbons (Fsp3) is 0.667. The molecule has 76 valence electrons. The average molecular weight is 208 g/mol. The summed E-state index contributed by atoms with van der Waals surface area (Å²) in [5.41, 5.74) is 0. The minimum Gasteiger partial charge on any atom is -0.323 e. The molecule has 0 saturated heterocycles. The number of hydrogen-bond acceptors (Lipinski definition) is 5. The van der Waals surface area contributed by atoms with E-state index in [9.17, 15) is 13.2 Å². The SMILES string of the molecule is CNC(=O)ON=CC(C)S(C)(=O)=O. The van der Waals surface area contributed by atoms with Crippen LogP contribution in [0.1, 0.15) is 6.92 Å². The Morgan fingerprint density at radius 1 is 1.62 bits per heavy atom. The summed E-state index contributed by atoms with van der Waals surface area (Å²) in [5.74, 6) is 0. The lowest BCUT2D eigenvalue weighted by Crippen LogP contribution is -2.20. The van der Waals surface area contributed by atoms with E-state index in [2.05, 4.69) is 15.3 Å². The second-order valence-electron chi connectivity index (χ2n) is 2.42. The molecule has 0 saturated carbocycles. The highest BCUT2D eigenvalue weighted by Gasteiger charge is 2.11. The van der Waals surface area contributed by atoms with E-state index in [0.29, 0.717) is 0 Å². The average Bonchev–Trinajstić information content (AvgIpc) is 2.02. The Morgan fingerprint density at radius 2 is 2.15 bits per heavy atom. The van der Waals surface area contributed by atoms with E-state index < -0.39 is 21.2 Å². The Bertz CT molecular complexity index is 296. The highest BCUT2D eigenvalue weighted by Crippen LogP contribution is 1.93. The van der Waals surface area contributed by atoms with E-state index in [1.165, 1.54) is 14.0 Å². The van der Waals surface area contributed by atoms with Crippen LogP contribution in [0.5, 0.6) is 0 Å². The molecule has 1 atom stereocenters. The van der Waals surface area contributed by atoms with Gasteiger partial charge < -0.3 is 5.32 Å². The largest absolute Gasteiger partial charge is 0.433 e. The summed E-state index contributed by atoms with van der Waals surface area (Å²) in [4.78, 5) is 14.7. The predicted molar refractivity (Wildman–Crippen MR) is 48.3 cm³/mol. The molecule has 1 unspecified atom stereocenters. The van der Waals surface area contributed by atoms with Crippen molar-refractivity contribution >= 4 is 22.1 Å². The van der Waals surface area contributed by atoms with Gasteiger partial charge in [0.25, 0.3) is 0 Å². The zero-order valence-corrected chi connectivity index (χ0v) is 8.46. The number of hydrogen-bond donors (Lipinski definition) is 1. The van der Waals surface area contributed by atoms with Crippen molar-refractivity contribution < 1.29 is 18.0 Å². The molecule has 0 aromatic heterocycles. The van der Waals surface area contributed by atoms with Gasteiger partial charge in [0.05, 0.1) is 11.5 Å². The first-order valence-corrected chi connectivity index (χ1v) is 5.44. The molecule has 0 aliphatic heterocycles. The first-order valence-electron chi connectivity index (χ1n) is 3.49. The van der Waals surface area contributed by atoms with Crippen LogP contribution in [-0.4, -0.2) is 39.3 Å². The van der Waals surface area contributed by atoms with Gasteiger partial charge in [-0.25, -0.2) is 13.2 Å². The molecule has 0 heterocycles. The van der Waals surface area contributed by atoms with E-state index >= 15 is 0 Å². The van der Waals surface area contributed by atoms with Crippen LogP contribution in [0.25, 0.3) is 0 Å². The Balaban J connectivity index is 4.07. The topological polar surface area (TPSA) is 84.8 Å². The minimum absolute atomic E-state index is 0.739. The fourth-order valence-electron chi connectivity index (χ4n) is 0.320. The van der Waals surface area contributed by atoms with Gasteiger partial charge in [-0.2, -0.15) is 0 Å². The number of rotatable bonds is 3. The second kappa shape index (κ2) is 4.80. The fourth-order valence-corrected chi connectivity index (χ4v) is 0.591. The molecule has 6 nitrogen and oxygen atoms in total. The first kappa shape index (κ1) is 11.9. The number of carbonyl (C=O) groups excluding carboxylic acids is 1. The quantitative estimate of drug-likeness (QED) is 0.394. The van der Waals surface area contributed by atoms with Crippen molar-refractivity contribution in [3.05, 3.63) is 0 Å². The predicted octanol–water partition coefficient (Wildman–Crippen LogP) is -0.239. The van der Waals surface area contributed by atoms with Crippen molar-refractivity contribution in [2.75, 3.05) is 13.3 Å². The van der Waals surface area contributed by atoms with E-state index in [1.54, 1.807) is 0 Å². The lowest BCUT2D eigenvalue weighted by atomic mass is 10.5. The van der Waals surface area contributed by atoms with E-state index in [1.807, 2.05) is 0 Å². The molecule has 0 spiro atoms. The van der Waals surface area contributed by atoms with Crippen molar-refractivity contribution in [3.8, 4) is 0 Å². The molecular formula is C6H12N2O4S. The molecule has 13 heavy (non-hydrogen) atoms. The van der Waals surface area contributed by atoms with Gasteiger partial charge in [-0.05, 0) is 6.92 Å². The van der Waals surface area contributed by atoms with Gasteiger partial charge in [0.1, 0.15) is 0 Å². The summed E-state index contributed by atoms with van der Waals surface area (Å²) in [6.45, 7) is 1.44. The maximum Gasteiger partial charge on any atom is 0.433 e. The lowest BCUT2D eigenvalue weighted by Gasteiger charge is -2.00. The summed E-state index contributed by atoms with van der Waals surface area (Å²) < 4.78 is 21.7. The number of carbonyl (C=O) groups is 1. The maximum absolute atomic E-state index is 10.8. The van der Waals surface area contributed by atoms with Crippen LogP contribution in [-0.2, 0) is 14.7 Å². The van der Waals surface area contributed by atoms with Gasteiger partial charge in [-0.3, -0.25) is 4.84 Å². The minimum atomic E-state index is -3.17. The van der Waals surface area contributed by atoms with Crippen molar-refractivity contribution in [2.45, 2.75) is 12.2 Å². The molecule has 0 aromatic rings. The summed E-state index contributed by atoms with van der Waals surface area (Å²) in [7, 11) is -1.80. The van der Waals surface area contributed by atoms with E-state index in [4.69, 9.17) is 0 Å². The first-order chi connectivity index (χ1) is 5.88. The molecular weight excluding hydrogens is 196 g/mol. The highest BCUT2D eigenvalue weighted by molar-refractivity contribution is 7.91. The Hall–Kier alpha value is -1.11. The Labute approximate surface area is 76.9 Å². The molecule has 0 aliphatic carbocycles. The molecule has 0 fully saturated rings. The van der Waals surface area contributed by atoms with Gasteiger partial charge in [-0.15, -0.1) is 0 Å². The summed E-state index contributed by atoms with van der Waals surface area (Å²) in [6.07, 6.45) is 1.38. The molecule has 7 heteroatoms. The zero-order valence-electron chi connectivity index (χ0n) is 7.64. The van der Waals surface area contributed by atoms with Gasteiger partial charge in [0.15, 0.2) is 9.84 Å². The lowest BCUT2D eigenvalue weighted by molar-refractivity contribution is 0.153. The van der Waals surface area contributed by atoms with Crippen LogP contribution in [0, 0.1) is 0 Å². The second-order valence-corrected chi connectivity index (χ2v) is 4.82. The van der Waals surface area contributed by atoms with Crippen LogP contribution in [0.2, 0.25) is 0 Å². The summed E-state index contributed by atoms with van der Waals surface area (Å²) in [6, 6.07) is 0. The third-order valence-corrected chi connectivity index (χ3v) is 2.76. The molecule has 0 bridgehead atoms. The summed E-state index contributed by atoms with van der Waals surface area (Å²) >= 11 is 0. The third-order valence-electron chi connectivity index (χ3n) is 1.29. The van der Waals surface area contributed by atoms with Gasteiger partial charge in [-0.1, -0.05) is 5.16 Å². The number of nitrogens with zero attached hydrogens (tertiary/aromatic N) is 1. The van der Waals surface area contributed by atoms with Crippen LogP contribution < -0.4 is 5.32 Å². The van der Waals surface area contributed by atoms with Crippen LogP contribution in [0.4, 0.5) is 4.79 Å². The Morgan fingerprint density at radius 3 is 2.54 bits per heavy atom. The number of sulfone groups is 1. The highest BCUT2D eigenvalue weighted by atomic mass is 32.2. The number of oxime groups is 1. The summed E-state index contributed by atoms with van der Waals surface area (Å²) in [5, 5.41) is 4.58. The standard InChI is InChI=1S/C6H12N2O4S/c1-5(13(3,10)11)4-8-12-6(9)7-2/h4-5H,1-3H3,(H,7,9). The third kappa shape index (κ3) is 5.18. The molecule has 1 N–H and O–H groups in total. The zero-order chi connectivity index (χ0) is 10.5. The number of nitrogens with one attached hydrogen (secondary N) is 1. The van der Waals surface area contributed by atoms with Crippen molar-refractivity contribution in [1.82, 2.24) is 5.32 Å². The van der Waals surface area contributed by atoms with Gasteiger partial charge >= 0.3 is 6.09 Å². The molecule has 0 aliphatic rings. The van der Waals surface area contributed by atoms with Gasteiger partial charge in [0.2, 0.25) is 0 Å². The smallest absolute Gasteiger partial charge is 0.323 e. The van der Waals surface area contributed by atoms with Crippen LogP contribution in [0.3, 0.4) is 0 Å².